The fourth-order valence-corrected chi connectivity index (χ4v) is 2.91. The quantitative estimate of drug-likeness (QED) is 0.476. The van der Waals surface area contributed by atoms with E-state index in [0.717, 1.165) is 29.5 Å². The van der Waals surface area contributed by atoms with E-state index in [9.17, 15) is 18.9 Å². The Morgan fingerprint density at radius 1 is 1.23 bits per heavy atom. The molecule has 26 heavy (non-hydrogen) atoms. The lowest BCUT2D eigenvalue weighted by atomic mass is 10.2. The number of nitro groups is 1. The van der Waals surface area contributed by atoms with E-state index < -0.39 is 23.0 Å². The van der Waals surface area contributed by atoms with Crippen LogP contribution in [0.25, 0.3) is 5.69 Å². The lowest BCUT2D eigenvalue weighted by Gasteiger charge is -2.08. The summed E-state index contributed by atoms with van der Waals surface area (Å²) in [6.07, 6.45) is 0. The summed E-state index contributed by atoms with van der Waals surface area (Å²) in [6, 6.07) is 11.1. The number of alkyl halides is 2. The molecule has 1 aromatic heterocycles. The number of hydrogen-bond donors (Lipinski definition) is 0. The predicted molar refractivity (Wildman–Crippen MR) is 87.7 cm³/mol. The molecule has 0 aliphatic carbocycles. The highest BCUT2D eigenvalue weighted by Crippen LogP contribution is 2.35. The third-order valence-corrected chi connectivity index (χ3v) is 4.20. The van der Waals surface area contributed by atoms with E-state index in [0.29, 0.717) is 15.7 Å². The number of tetrazole rings is 1. The first-order valence-electron chi connectivity index (χ1n) is 7.20. The van der Waals surface area contributed by atoms with Crippen molar-refractivity contribution in [2.45, 2.75) is 23.6 Å². The molecule has 11 heteroatoms. The van der Waals surface area contributed by atoms with Crippen LogP contribution in [0.1, 0.15) is 5.56 Å². The molecule has 0 N–H and O–H groups in total. The maximum absolute atomic E-state index is 12.5. The van der Waals surface area contributed by atoms with Crippen LogP contribution in [0, 0.1) is 17.0 Å². The van der Waals surface area contributed by atoms with Gasteiger partial charge in [-0.25, -0.2) is 0 Å². The van der Waals surface area contributed by atoms with Gasteiger partial charge in [-0.2, -0.15) is 13.5 Å². The van der Waals surface area contributed by atoms with Crippen LogP contribution in [0.3, 0.4) is 0 Å². The predicted octanol–water partition coefficient (Wildman–Crippen LogP) is 3.63. The van der Waals surface area contributed by atoms with E-state index in [4.69, 9.17) is 0 Å². The maximum atomic E-state index is 12.5. The normalized spacial score (nSPS) is 10.9. The van der Waals surface area contributed by atoms with Crippen LogP contribution in [-0.4, -0.2) is 31.7 Å². The molecule has 0 bridgehead atoms. The van der Waals surface area contributed by atoms with Gasteiger partial charge < -0.3 is 4.74 Å². The highest BCUT2D eigenvalue weighted by molar-refractivity contribution is 7.99. The molecular weight excluding hydrogens is 368 g/mol. The number of aromatic nitrogens is 4. The number of halogens is 2. The number of nitro benzene ring substituents is 1. The fourth-order valence-electron chi connectivity index (χ4n) is 2.10. The second kappa shape index (κ2) is 7.44. The minimum atomic E-state index is -3.17. The minimum Gasteiger partial charge on any atom is -0.427 e. The molecule has 0 saturated carbocycles. The first-order chi connectivity index (χ1) is 12.4. The third-order valence-electron chi connectivity index (χ3n) is 3.27. The van der Waals surface area contributed by atoms with Crippen molar-refractivity contribution in [2.75, 3.05) is 0 Å². The Labute approximate surface area is 149 Å². The van der Waals surface area contributed by atoms with Crippen LogP contribution in [0.2, 0.25) is 0 Å². The van der Waals surface area contributed by atoms with Crippen molar-refractivity contribution < 1.29 is 18.4 Å². The molecule has 0 atom stereocenters. The van der Waals surface area contributed by atoms with Gasteiger partial charge in [0.1, 0.15) is 0 Å². The third kappa shape index (κ3) is 3.94. The smallest absolute Gasteiger partial charge is 0.387 e. The molecule has 0 aliphatic rings. The van der Waals surface area contributed by atoms with Gasteiger partial charge >= 0.3 is 12.3 Å². The van der Waals surface area contributed by atoms with Crippen molar-refractivity contribution in [1.29, 1.82) is 0 Å². The van der Waals surface area contributed by atoms with Crippen molar-refractivity contribution in [1.82, 2.24) is 20.2 Å². The van der Waals surface area contributed by atoms with E-state index in [-0.39, 0.29) is 0 Å². The lowest BCUT2D eigenvalue weighted by Crippen LogP contribution is -2.04. The zero-order valence-electron chi connectivity index (χ0n) is 13.2. The molecule has 3 rings (SSSR count). The number of rotatable bonds is 6. The average molecular weight is 379 g/mol. The first kappa shape index (κ1) is 17.7. The molecule has 0 radical (unpaired) electrons. The summed E-state index contributed by atoms with van der Waals surface area (Å²) in [5.41, 5.74) is 1.24. The van der Waals surface area contributed by atoms with Crippen molar-refractivity contribution in [3.63, 3.8) is 0 Å². The Kier molecular flexibility index (Phi) is 5.07. The molecule has 2 aromatic carbocycles. The van der Waals surface area contributed by atoms with Gasteiger partial charge in [0.05, 0.1) is 10.6 Å². The largest absolute Gasteiger partial charge is 0.427 e. The second-order valence-corrected chi connectivity index (χ2v) is 6.12. The van der Waals surface area contributed by atoms with Crippen LogP contribution in [0.15, 0.2) is 52.5 Å². The Hall–Kier alpha value is -3.08. The molecule has 1 heterocycles. The highest BCUT2D eigenvalue weighted by Gasteiger charge is 2.20. The van der Waals surface area contributed by atoms with Crippen LogP contribution in [0.4, 0.5) is 14.5 Å². The minimum absolute atomic E-state index is 0.366. The number of ether oxygens (including phenoxy) is 1. The van der Waals surface area contributed by atoms with Crippen LogP contribution < -0.4 is 4.74 Å². The molecule has 3 aromatic rings. The van der Waals surface area contributed by atoms with Gasteiger partial charge in [-0.3, -0.25) is 10.1 Å². The Morgan fingerprint density at radius 2 is 1.96 bits per heavy atom. The van der Waals surface area contributed by atoms with E-state index >= 15 is 0 Å². The summed E-state index contributed by atoms with van der Waals surface area (Å²) in [5, 5.41) is 22.7. The fraction of sp³-hybridized carbons (Fsp3) is 0.133. The van der Waals surface area contributed by atoms with Crippen molar-refractivity contribution in [3.05, 3.63) is 58.1 Å². The average Bonchev–Trinajstić information content (AvgIpc) is 3.03. The maximum Gasteiger partial charge on any atom is 0.387 e. The SMILES string of the molecule is Cc1ccc(-n2nnnc2Sc2ccc([N+](=O)[O-])c(OC(F)F)c2)cc1. The van der Waals surface area contributed by atoms with E-state index in [2.05, 4.69) is 20.3 Å². The summed E-state index contributed by atoms with van der Waals surface area (Å²) in [7, 11) is 0. The summed E-state index contributed by atoms with van der Waals surface area (Å²) in [4.78, 5) is 10.6. The monoisotopic (exact) mass is 379 g/mol. The molecule has 134 valence electrons. The summed E-state index contributed by atoms with van der Waals surface area (Å²) in [5.74, 6) is -0.524. The number of benzene rings is 2. The molecule has 0 amide bonds. The van der Waals surface area contributed by atoms with Gasteiger partial charge in [0, 0.05) is 17.0 Å². The summed E-state index contributed by atoms with van der Waals surface area (Å²) >= 11 is 1.06. The van der Waals surface area contributed by atoms with E-state index in [1.807, 2.05) is 31.2 Å². The van der Waals surface area contributed by atoms with Gasteiger partial charge in [-0.1, -0.05) is 17.7 Å². The topological polar surface area (TPSA) is 96.0 Å². The van der Waals surface area contributed by atoms with E-state index in [1.54, 1.807) is 0 Å². The van der Waals surface area contributed by atoms with Crippen LogP contribution in [0.5, 0.6) is 5.75 Å². The summed E-state index contributed by atoms with van der Waals surface area (Å²) < 4.78 is 30.7. The Bertz CT molecular complexity index is 933. The standard InChI is InChI=1S/C15H11F2N5O3S/c1-9-2-4-10(5-3-9)21-15(18-19-20-21)26-11-6-7-12(22(23)24)13(8-11)25-14(16)17/h2-8,14H,1H3. The molecular formula is C15H11F2N5O3S. The molecule has 0 unspecified atom stereocenters. The molecule has 0 aliphatic heterocycles. The zero-order valence-corrected chi connectivity index (χ0v) is 14.1. The Morgan fingerprint density at radius 3 is 2.62 bits per heavy atom. The van der Waals surface area contributed by atoms with Crippen molar-refractivity contribution >= 4 is 17.4 Å². The Balaban J connectivity index is 1.91. The molecule has 8 nitrogen and oxygen atoms in total. The molecule has 0 spiro atoms. The van der Waals surface area contributed by atoms with Gasteiger partial charge in [-0.05, 0) is 47.3 Å². The van der Waals surface area contributed by atoms with Gasteiger partial charge in [-0.15, -0.1) is 5.10 Å². The van der Waals surface area contributed by atoms with Crippen LogP contribution >= 0.6 is 11.8 Å². The van der Waals surface area contributed by atoms with Crippen molar-refractivity contribution in [3.8, 4) is 11.4 Å². The lowest BCUT2D eigenvalue weighted by molar-refractivity contribution is -0.386. The zero-order chi connectivity index (χ0) is 18.7. The summed E-state index contributed by atoms with van der Waals surface area (Å²) in [6.45, 7) is -1.23. The molecule has 0 fully saturated rings. The number of nitrogens with zero attached hydrogens (tertiary/aromatic N) is 5. The van der Waals surface area contributed by atoms with Gasteiger partial charge in [0.25, 0.3) is 0 Å². The first-order valence-corrected chi connectivity index (χ1v) is 8.02. The van der Waals surface area contributed by atoms with Gasteiger partial charge in [0.2, 0.25) is 10.9 Å². The van der Waals surface area contributed by atoms with Crippen molar-refractivity contribution in [2.24, 2.45) is 0 Å². The number of aryl methyl sites for hydroxylation is 1. The number of hydrogen-bond acceptors (Lipinski definition) is 7. The van der Waals surface area contributed by atoms with Crippen LogP contribution in [-0.2, 0) is 0 Å². The second-order valence-electron chi connectivity index (χ2n) is 5.08. The molecule has 0 saturated heterocycles. The van der Waals surface area contributed by atoms with E-state index in [1.165, 1.54) is 10.7 Å². The highest BCUT2D eigenvalue weighted by atomic mass is 32.2. The van der Waals surface area contributed by atoms with Gasteiger partial charge in [0.15, 0.2) is 0 Å².